The van der Waals surface area contributed by atoms with Gasteiger partial charge in [-0.3, -0.25) is 0 Å². The van der Waals surface area contributed by atoms with Crippen molar-refractivity contribution in [3.63, 3.8) is 0 Å². The predicted octanol–water partition coefficient (Wildman–Crippen LogP) is 2.64. The predicted molar refractivity (Wildman–Crippen MR) is 61.7 cm³/mol. The van der Waals surface area contributed by atoms with Crippen LogP contribution in [0.5, 0.6) is 0 Å². The highest BCUT2D eigenvalue weighted by Gasteiger charge is 2.43. The fourth-order valence-electron chi connectivity index (χ4n) is 2.27. The molecule has 1 aromatic rings. The lowest BCUT2D eigenvalue weighted by Gasteiger charge is -2.44. The van der Waals surface area contributed by atoms with Gasteiger partial charge < -0.3 is 10.8 Å². The maximum Gasteiger partial charge on any atom is 0.130 e. The molecule has 0 radical (unpaired) electrons. The van der Waals surface area contributed by atoms with Gasteiger partial charge in [-0.15, -0.1) is 0 Å². The van der Waals surface area contributed by atoms with Crippen LogP contribution in [0.1, 0.15) is 30.9 Å². The van der Waals surface area contributed by atoms with E-state index >= 15 is 0 Å². The van der Waals surface area contributed by atoms with Gasteiger partial charge in [0, 0.05) is 22.5 Å². The van der Waals surface area contributed by atoms with Crippen LogP contribution in [0.3, 0.4) is 0 Å². The molecule has 2 rings (SSSR count). The van der Waals surface area contributed by atoms with Crippen LogP contribution in [-0.4, -0.2) is 11.7 Å². The largest absolute Gasteiger partial charge is 0.388 e. The normalized spacial score (nSPS) is 20.2. The molecular weight excluding hydrogens is 229 g/mol. The van der Waals surface area contributed by atoms with Crippen molar-refractivity contribution in [3.05, 3.63) is 34.6 Å². The Morgan fingerprint density at radius 1 is 1.50 bits per heavy atom. The van der Waals surface area contributed by atoms with Crippen LogP contribution in [0.15, 0.2) is 18.2 Å². The summed E-state index contributed by atoms with van der Waals surface area (Å²) in [5.41, 5.74) is 5.64. The fourth-order valence-corrected chi connectivity index (χ4v) is 2.43. The molecule has 1 saturated carbocycles. The molecule has 0 heterocycles. The molecule has 2 nitrogen and oxygen atoms in total. The van der Waals surface area contributed by atoms with E-state index in [4.69, 9.17) is 17.3 Å². The minimum Gasteiger partial charge on any atom is -0.388 e. The first-order valence-corrected chi connectivity index (χ1v) is 5.80. The minimum atomic E-state index is -0.830. The second kappa shape index (κ2) is 4.32. The first-order valence-electron chi connectivity index (χ1n) is 5.42. The van der Waals surface area contributed by atoms with Gasteiger partial charge in [-0.05, 0) is 25.0 Å². The summed E-state index contributed by atoms with van der Waals surface area (Å²) in [5.74, 6) is -0.459. The molecule has 88 valence electrons. The molecule has 3 N–H and O–H groups in total. The standard InChI is InChI=1S/C12H15ClFNO/c13-8-2-3-9(10(14)6-8)11(16)12(7-15)4-1-5-12/h2-3,6,11,16H,1,4-5,7,15H2. The smallest absolute Gasteiger partial charge is 0.130 e. The van der Waals surface area contributed by atoms with Crippen molar-refractivity contribution >= 4 is 11.6 Å². The van der Waals surface area contributed by atoms with Crippen molar-refractivity contribution in [1.29, 1.82) is 0 Å². The summed E-state index contributed by atoms with van der Waals surface area (Å²) in [6, 6.07) is 4.35. The van der Waals surface area contributed by atoms with Crippen molar-refractivity contribution in [1.82, 2.24) is 0 Å². The van der Waals surface area contributed by atoms with E-state index < -0.39 is 11.9 Å². The number of halogens is 2. The second-order valence-corrected chi connectivity index (χ2v) is 4.92. The van der Waals surface area contributed by atoms with Crippen LogP contribution >= 0.6 is 11.6 Å². The number of rotatable bonds is 3. The van der Waals surface area contributed by atoms with Crippen LogP contribution in [0.4, 0.5) is 4.39 Å². The molecular formula is C12H15ClFNO. The summed E-state index contributed by atoms with van der Waals surface area (Å²) in [6.07, 6.45) is 1.92. The van der Waals surface area contributed by atoms with E-state index in [1.165, 1.54) is 12.1 Å². The van der Waals surface area contributed by atoms with Gasteiger partial charge in [0.2, 0.25) is 0 Å². The highest BCUT2D eigenvalue weighted by Crippen LogP contribution is 2.49. The highest BCUT2D eigenvalue weighted by atomic mass is 35.5. The molecule has 0 aliphatic heterocycles. The Kier molecular flexibility index (Phi) is 3.19. The van der Waals surface area contributed by atoms with Gasteiger partial charge in [-0.2, -0.15) is 0 Å². The molecule has 1 aliphatic carbocycles. The van der Waals surface area contributed by atoms with E-state index in [0.29, 0.717) is 17.1 Å². The summed E-state index contributed by atoms with van der Waals surface area (Å²) in [6.45, 7) is 0.385. The van der Waals surface area contributed by atoms with Crippen LogP contribution in [0.25, 0.3) is 0 Å². The topological polar surface area (TPSA) is 46.2 Å². The van der Waals surface area contributed by atoms with Crippen LogP contribution in [-0.2, 0) is 0 Å². The second-order valence-electron chi connectivity index (χ2n) is 4.49. The van der Waals surface area contributed by atoms with Crippen molar-refractivity contribution in [2.45, 2.75) is 25.4 Å². The average Bonchev–Trinajstić information content (AvgIpc) is 2.16. The third-order valence-corrected chi connectivity index (χ3v) is 3.83. The molecule has 1 fully saturated rings. The van der Waals surface area contributed by atoms with Gasteiger partial charge in [0.15, 0.2) is 0 Å². The maximum absolute atomic E-state index is 13.6. The van der Waals surface area contributed by atoms with Gasteiger partial charge in [-0.1, -0.05) is 24.1 Å². The molecule has 1 atom stereocenters. The van der Waals surface area contributed by atoms with Crippen molar-refractivity contribution in [2.75, 3.05) is 6.54 Å². The zero-order valence-electron chi connectivity index (χ0n) is 8.92. The molecule has 0 aromatic heterocycles. The van der Waals surface area contributed by atoms with Crippen molar-refractivity contribution < 1.29 is 9.50 Å². The summed E-state index contributed by atoms with van der Waals surface area (Å²) in [7, 11) is 0. The number of hydrogen-bond acceptors (Lipinski definition) is 2. The lowest BCUT2D eigenvalue weighted by atomic mass is 9.63. The van der Waals surface area contributed by atoms with E-state index in [1.54, 1.807) is 6.07 Å². The Balaban J connectivity index is 2.29. The summed E-state index contributed by atoms with van der Waals surface area (Å²) < 4.78 is 13.6. The molecule has 0 amide bonds. The van der Waals surface area contributed by atoms with E-state index in [9.17, 15) is 9.50 Å². The minimum absolute atomic E-state index is 0.301. The van der Waals surface area contributed by atoms with E-state index in [0.717, 1.165) is 19.3 Å². The SMILES string of the molecule is NCC1(C(O)c2ccc(Cl)cc2F)CCC1. The fraction of sp³-hybridized carbons (Fsp3) is 0.500. The third kappa shape index (κ3) is 1.83. The van der Waals surface area contributed by atoms with Gasteiger partial charge in [-0.25, -0.2) is 4.39 Å². The average molecular weight is 244 g/mol. The molecule has 4 heteroatoms. The van der Waals surface area contributed by atoms with Gasteiger partial charge in [0.1, 0.15) is 5.82 Å². The summed E-state index contributed by atoms with van der Waals surface area (Å²) >= 11 is 5.67. The molecule has 1 aliphatic rings. The van der Waals surface area contributed by atoms with Crippen molar-refractivity contribution in [2.24, 2.45) is 11.1 Å². The summed E-state index contributed by atoms with van der Waals surface area (Å²) in [4.78, 5) is 0. The lowest BCUT2D eigenvalue weighted by Crippen LogP contribution is -2.42. The Morgan fingerprint density at radius 3 is 2.62 bits per heavy atom. The van der Waals surface area contributed by atoms with Gasteiger partial charge in [0.05, 0.1) is 6.10 Å². The Morgan fingerprint density at radius 2 is 2.19 bits per heavy atom. The first-order chi connectivity index (χ1) is 7.59. The first kappa shape index (κ1) is 11.8. The molecule has 0 bridgehead atoms. The highest BCUT2D eigenvalue weighted by molar-refractivity contribution is 6.30. The van der Waals surface area contributed by atoms with Crippen molar-refractivity contribution in [3.8, 4) is 0 Å². The van der Waals surface area contributed by atoms with Crippen LogP contribution in [0, 0.1) is 11.2 Å². The maximum atomic E-state index is 13.6. The van der Waals surface area contributed by atoms with E-state index in [-0.39, 0.29) is 5.41 Å². The Hall–Kier alpha value is -0.640. The Bertz CT molecular complexity index is 387. The van der Waals surface area contributed by atoms with E-state index in [1.807, 2.05) is 0 Å². The quantitative estimate of drug-likeness (QED) is 0.857. The molecule has 1 aromatic carbocycles. The number of benzene rings is 1. The van der Waals surface area contributed by atoms with Crippen LogP contribution in [0.2, 0.25) is 5.02 Å². The summed E-state index contributed by atoms with van der Waals surface area (Å²) in [5, 5.41) is 10.5. The number of nitrogens with two attached hydrogens (primary N) is 1. The van der Waals surface area contributed by atoms with Gasteiger partial charge >= 0.3 is 0 Å². The lowest BCUT2D eigenvalue weighted by molar-refractivity contribution is -0.0316. The number of hydrogen-bond donors (Lipinski definition) is 2. The molecule has 16 heavy (non-hydrogen) atoms. The molecule has 0 spiro atoms. The molecule has 1 unspecified atom stereocenters. The number of aliphatic hydroxyl groups is 1. The monoisotopic (exact) mass is 243 g/mol. The van der Waals surface area contributed by atoms with Gasteiger partial charge in [0.25, 0.3) is 0 Å². The zero-order valence-corrected chi connectivity index (χ0v) is 9.67. The van der Waals surface area contributed by atoms with Crippen LogP contribution < -0.4 is 5.73 Å². The Labute approximate surface area is 99.2 Å². The van der Waals surface area contributed by atoms with E-state index in [2.05, 4.69) is 0 Å². The zero-order chi connectivity index (χ0) is 11.8. The molecule has 0 saturated heterocycles. The third-order valence-electron chi connectivity index (χ3n) is 3.59. The number of aliphatic hydroxyl groups excluding tert-OH is 1.